The van der Waals surface area contributed by atoms with E-state index >= 15 is 0 Å². The van der Waals surface area contributed by atoms with Gasteiger partial charge in [-0.1, -0.05) is 42.5 Å². The van der Waals surface area contributed by atoms with E-state index in [1.807, 2.05) is 67.6 Å². The molecule has 2 aromatic carbocycles. The number of nitrogens with zero attached hydrogens (tertiary/aromatic N) is 3. The van der Waals surface area contributed by atoms with Crippen molar-refractivity contribution < 1.29 is 4.74 Å². The average Bonchev–Trinajstić information content (AvgIpc) is 2.67. The molecule has 0 aliphatic carbocycles. The van der Waals surface area contributed by atoms with E-state index in [1.165, 1.54) is 0 Å². The Hall–Kier alpha value is -3.45. The van der Waals surface area contributed by atoms with Crippen LogP contribution in [0.25, 0.3) is 22.9 Å². The van der Waals surface area contributed by atoms with E-state index < -0.39 is 0 Å². The van der Waals surface area contributed by atoms with Crippen LogP contribution in [0.2, 0.25) is 0 Å². The molecule has 0 bridgehead atoms. The van der Waals surface area contributed by atoms with Crippen molar-refractivity contribution in [3.8, 4) is 23.1 Å². The molecule has 4 heteroatoms. The number of hydrogen-bond acceptors (Lipinski definition) is 4. The van der Waals surface area contributed by atoms with E-state index in [0.717, 1.165) is 28.1 Å². The van der Waals surface area contributed by atoms with Crippen molar-refractivity contribution in [2.45, 2.75) is 6.92 Å². The van der Waals surface area contributed by atoms with E-state index in [1.54, 1.807) is 13.2 Å². The van der Waals surface area contributed by atoms with Gasteiger partial charge in [0.25, 0.3) is 0 Å². The SMILES string of the molecule is COc1ccc(C=C(C#N)c2nnc(-c3ccccc3)cc2C)cc1. The molecule has 0 N–H and O–H groups in total. The van der Waals surface area contributed by atoms with Crippen LogP contribution in [0.15, 0.2) is 60.7 Å². The van der Waals surface area contributed by atoms with Crippen LogP contribution in [-0.4, -0.2) is 17.3 Å². The van der Waals surface area contributed by atoms with Gasteiger partial charge in [0.2, 0.25) is 0 Å². The van der Waals surface area contributed by atoms with Gasteiger partial charge in [0.1, 0.15) is 17.5 Å². The lowest BCUT2D eigenvalue weighted by molar-refractivity contribution is 0.415. The number of benzene rings is 2. The molecule has 0 saturated heterocycles. The second kappa shape index (κ2) is 7.41. The molecule has 4 nitrogen and oxygen atoms in total. The van der Waals surface area contributed by atoms with Gasteiger partial charge >= 0.3 is 0 Å². The molecule has 25 heavy (non-hydrogen) atoms. The molecule has 1 heterocycles. The van der Waals surface area contributed by atoms with Crippen LogP contribution in [0.1, 0.15) is 16.8 Å². The van der Waals surface area contributed by atoms with E-state index in [-0.39, 0.29) is 0 Å². The number of aryl methyl sites for hydroxylation is 1. The molecule has 3 aromatic rings. The van der Waals surface area contributed by atoms with Crippen LogP contribution in [0, 0.1) is 18.3 Å². The Labute approximate surface area is 147 Å². The first-order valence-electron chi connectivity index (χ1n) is 7.87. The highest BCUT2D eigenvalue weighted by molar-refractivity contribution is 5.89. The van der Waals surface area contributed by atoms with Crippen LogP contribution < -0.4 is 4.74 Å². The van der Waals surface area contributed by atoms with Gasteiger partial charge in [0.05, 0.1) is 18.4 Å². The Balaban J connectivity index is 1.96. The first kappa shape index (κ1) is 16.4. The van der Waals surface area contributed by atoms with Crippen molar-refractivity contribution >= 4 is 11.6 Å². The fourth-order valence-electron chi connectivity index (χ4n) is 2.52. The molecule has 0 aliphatic rings. The minimum absolute atomic E-state index is 0.481. The summed E-state index contributed by atoms with van der Waals surface area (Å²) < 4.78 is 5.15. The molecule has 1 aromatic heterocycles. The molecule has 0 spiro atoms. The largest absolute Gasteiger partial charge is 0.497 e. The molecule has 0 unspecified atom stereocenters. The van der Waals surface area contributed by atoms with E-state index in [2.05, 4.69) is 16.3 Å². The van der Waals surface area contributed by atoms with Gasteiger partial charge in [0, 0.05) is 5.56 Å². The number of nitriles is 1. The number of ether oxygens (including phenoxy) is 1. The summed E-state index contributed by atoms with van der Waals surface area (Å²) in [5, 5.41) is 18.1. The number of methoxy groups -OCH3 is 1. The monoisotopic (exact) mass is 327 g/mol. The zero-order chi connectivity index (χ0) is 17.6. The Morgan fingerprint density at radius 3 is 2.36 bits per heavy atom. The van der Waals surface area contributed by atoms with E-state index in [4.69, 9.17) is 4.74 Å². The summed E-state index contributed by atoms with van der Waals surface area (Å²) >= 11 is 0. The van der Waals surface area contributed by atoms with Gasteiger partial charge in [-0.05, 0) is 42.3 Å². The van der Waals surface area contributed by atoms with E-state index in [0.29, 0.717) is 11.3 Å². The first-order chi connectivity index (χ1) is 12.2. The topological polar surface area (TPSA) is 58.8 Å². The van der Waals surface area contributed by atoms with Gasteiger partial charge in [-0.15, -0.1) is 10.2 Å². The standard InChI is InChI=1S/C21H17N3O/c1-15-12-20(17-6-4-3-5-7-17)23-24-21(15)18(14-22)13-16-8-10-19(25-2)11-9-16/h3-13H,1-2H3. The predicted octanol–water partition coefficient (Wildman–Crippen LogP) is 4.52. The van der Waals surface area contributed by atoms with Crippen molar-refractivity contribution in [3.05, 3.63) is 77.5 Å². The highest BCUT2D eigenvalue weighted by Gasteiger charge is 2.10. The van der Waals surface area contributed by atoms with Gasteiger partial charge in [-0.3, -0.25) is 0 Å². The van der Waals surface area contributed by atoms with Crippen LogP contribution in [0.3, 0.4) is 0 Å². The van der Waals surface area contributed by atoms with Crippen molar-refractivity contribution in [3.63, 3.8) is 0 Å². The van der Waals surface area contributed by atoms with E-state index in [9.17, 15) is 5.26 Å². The molecular weight excluding hydrogens is 310 g/mol. The summed E-state index contributed by atoms with van der Waals surface area (Å²) in [7, 11) is 1.62. The summed E-state index contributed by atoms with van der Waals surface area (Å²) in [5.41, 5.74) is 4.69. The zero-order valence-electron chi connectivity index (χ0n) is 14.1. The Morgan fingerprint density at radius 1 is 1.04 bits per heavy atom. The molecule has 122 valence electrons. The Morgan fingerprint density at radius 2 is 1.76 bits per heavy atom. The number of aromatic nitrogens is 2. The molecule has 0 amide bonds. The molecule has 0 fully saturated rings. The molecule has 0 aliphatic heterocycles. The number of allylic oxidation sites excluding steroid dienone is 1. The smallest absolute Gasteiger partial charge is 0.118 e. The Bertz CT molecular complexity index is 939. The highest BCUT2D eigenvalue weighted by atomic mass is 16.5. The quantitative estimate of drug-likeness (QED) is 0.661. The van der Waals surface area contributed by atoms with Crippen molar-refractivity contribution in [1.82, 2.24) is 10.2 Å². The second-order valence-electron chi connectivity index (χ2n) is 5.57. The summed E-state index contributed by atoms with van der Waals surface area (Å²) in [6.45, 7) is 1.94. The lowest BCUT2D eigenvalue weighted by Crippen LogP contribution is -1.97. The highest BCUT2D eigenvalue weighted by Crippen LogP contribution is 2.23. The number of rotatable bonds is 4. The minimum Gasteiger partial charge on any atom is -0.497 e. The maximum Gasteiger partial charge on any atom is 0.118 e. The molecular formula is C21H17N3O. The summed E-state index contributed by atoms with van der Waals surface area (Å²) in [6.07, 6.45) is 1.80. The third-order valence-electron chi connectivity index (χ3n) is 3.86. The maximum atomic E-state index is 9.54. The van der Waals surface area contributed by atoms with Crippen molar-refractivity contribution in [2.24, 2.45) is 0 Å². The summed E-state index contributed by atoms with van der Waals surface area (Å²) in [5.74, 6) is 0.777. The molecule has 0 saturated carbocycles. The second-order valence-corrected chi connectivity index (χ2v) is 5.57. The minimum atomic E-state index is 0.481. The van der Waals surface area contributed by atoms with Crippen LogP contribution in [-0.2, 0) is 0 Å². The fraction of sp³-hybridized carbons (Fsp3) is 0.0952. The maximum absolute atomic E-state index is 9.54. The molecule has 0 radical (unpaired) electrons. The third kappa shape index (κ3) is 3.73. The van der Waals surface area contributed by atoms with Crippen LogP contribution in [0.4, 0.5) is 0 Å². The summed E-state index contributed by atoms with van der Waals surface area (Å²) in [6, 6.07) is 21.6. The van der Waals surface area contributed by atoms with Crippen LogP contribution in [0.5, 0.6) is 5.75 Å². The van der Waals surface area contributed by atoms with Gasteiger partial charge in [-0.25, -0.2) is 0 Å². The third-order valence-corrected chi connectivity index (χ3v) is 3.86. The molecule has 3 rings (SSSR count). The average molecular weight is 327 g/mol. The number of hydrogen-bond donors (Lipinski definition) is 0. The zero-order valence-corrected chi connectivity index (χ0v) is 14.1. The van der Waals surface area contributed by atoms with Crippen molar-refractivity contribution in [2.75, 3.05) is 7.11 Å². The van der Waals surface area contributed by atoms with Crippen LogP contribution >= 0.6 is 0 Å². The first-order valence-corrected chi connectivity index (χ1v) is 7.87. The lowest BCUT2D eigenvalue weighted by Gasteiger charge is -2.06. The van der Waals surface area contributed by atoms with Crippen molar-refractivity contribution in [1.29, 1.82) is 5.26 Å². The van der Waals surface area contributed by atoms with Gasteiger partial charge in [0.15, 0.2) is 0 Å². The normalized spacial score (nSPS) is 11.0. The Kier molecular flexibility index (Phi) is 4.87. The molecule has 0 atom stereocenters. The van der Waals surface area contributed by atoms with Gasteiger partial charge < -0.3 is 4.74 Å². The predicted molar refractivity (Wildman–Crippen MR) is 98.7 cm³/mol. The van der Waals surface area contributed by atoms with Gasteiger partial charge in [-0.2, -0.15) is 5.26 Å². The fourth-order valence-corrected chi connectivity index (χ4v) is 2.52. The lowest BCUT2D eigenvalue weighted by atomic mass is 10.0. The summed E-state index contributed by atoms with van der Waals surface area (Å²) in [4.78, 5) is 0.